The van der Waals surface area contributed by atoms with Gasteiger partial charge in [0.1, 0.15) is 11.9 Å². The number of oxazole rings is 1. The van der Waals surface area contributed by atoms with Gasteiger partial charge in [0.05, 0.1) is 11.1 Å². The van der Waals surface area contributed by atoms with E-state index in [4.69, 9.17) is 9.15 Å². The first-order valence-corrected chi connectivity index (χ1v) is 9.75. The number of amides is 1. The fraction of sp³-hybridized carbons (Fsp3) is 0.444. The molecule has 0 spiro atoms. The van der Waals surface area contributed by atoms with Gasteiger partial charge in [-0.3, -0.25) is 9.69 Å². The summed E-state index contributed by atoms with van der Waals surface area (Å²) in [6.45, 7) is 6.30. The Morgan fingerprint density at radius 3 is 3.11 bits per heavy atom. The highest BCUT2D eigenvalue weighted by atomic mass is 32.1. The fourth-order valence-corrected chi connectivity index (χ4v) is 4.25. The second-order valence-corrected chi connectivity index (χ2v) is 7.98. The number of ether oxygens (including phenoxy) is 1. The van der Waals surface area contributed by atoms with Gasteiger partial charge < -0.3 is 14.5 Å². The van der Waals surface area contributed by atoms with E-state index in [0.29, 0.717) is 40.8 Å². The molecule has 0 aromatic carbocycles. The maximum absolute atomic E-state index is 14.1. The Bertz CT molecular complexity index is 1020. The molecule has 0 unspecified atom stereocenters. The quantitative estimate of drug-likeness (QED) is 0.697. The summed E-state index contributed by atoms with van der Waals surface area (Å²) >= 11 is 1.16. The van der Waals surface area contributed by atoms with Crippen LogP contribution in [-0.4, -0.2) is 44.4 Å². The number of pyridine rings is 1. The van der Waals surface area contributed by atoms with Crippen LogP contribution in [0.4, 0.5) is 9.52 Å². The number of nitrogens with one attached hydrogen (secondary N) is 1. The third-order valence-electron chi connectivity index (χ3n) is 4.58. The van der Waals surface area contributed by atoms with E-state index < -0.39 is 5.95 Å². The van der Waals surface area contributed by atoms with Crippen molar-refractivity contribution in [3.8, 4) is 5.75 Å². The van der Waals surface area contributed by atoms with Crippen LogP contribution in [0.25, 0.3) is 11.2 Å². The summed E-state index contributed by atoms with van der Waals surface area (Å²) in [6, 6.07) is 2.01. The van der Waals surface area contributed by atoms with Gasteiger partial charge in [0.15, 0.2) is 22.3 Å². The number of aryl methyl sites for hydroxylation is 1. The smallest absolute Gasteiger partial charge is 0.230 e. The number of anilines is 1. The van der Waals surface area contributed by atoms with E-state index in [-0.39, 0.29) is 23.2 Å². The van der Waals surface area contributed by atoms with Gasteiger partial charge in [-0.1, -0.05) is 11.3 Å². The first-order chi connectivity index (χ1) is 13.4. The third kappa shape index (κ3) is 3.97. The monoisotopic (exact) mass is 405 g/mol. The van der Waals surface area contributed by atoms with E-state index in [1.165, 1.54) is 6.92 Å². The molecule has 8 nitrogen and oxygen atoms in total. The number of carbonyl (C=O) groups excluding carboxylic acids is 1. The Labute approximate surface area is 164 Å². The van der Waals surface area contributed by atoms with Crippen molar-refractivity contribution in [2.75, 3.05) is 11.9 Å². The molecule has 0 saturated carbocycles. The predicted octanol–water partition coefficient (Wildman–Crippen LogP) is 3.13. The van der Waals surface area contributed by atoms with Crippen LogP contribution >= 0.6 is 11.3 Å². The number of likely N-dealkylation sites (tertiary alicyclic amines) is 1. The lowest BCUT2D eigenvalue weighted by Gasteiger charge is -2.19. The van der Waals surface area contributed by atoms with Gasteiger partial charge in [-0.2, -0.15) is 14.4 Å². The van der Waals surface area contributed by atoms with E-state index in [1.54, 1.807) is 19.2 Å². The zero-order chi connectivity index (χ0) is 19.8. The summed E-state index contributed by atoms with van der Waals surface area (Å²) in [4.78, 5) is 26.0. The molecule has 0 bridgehead atoms. The number of thiazole rings is 1. The van der Waals surface area contributed by atoms with Gasteiger partial charge in [0, 0.05) is 45.5 Å². The topological polar surface area (TPSA) is 93.4 Å². The lowest BCUT2D eigenvalue weighted by atomic mass is 10.2. The highest BCUT2D eigenvalue weighted by Crippen LogP contribution is 2.29. The molecule has 10 heteroatoms. The summed E-state index contributed by atoms with van der Waals surface area (Å²) in [5, 5.41) is 2.80. The number of carbonyl (C=O) groups is 1. The average molecular weight is 405 g/mol. The molecule has 0 aliphatic carbocycles. The third-order valence-corrected chi connectivity index (χ3v) is 5.51. The fourth-order valence-electron chi connectivity index (χ4n) is 3.34. The first kappa shape index (κ1) is 18.8. The molecule has 1 aliphatic heterocycles. The summed E-state index contributed by atoms with van der Waals surface area (Å²) in [5.41, 5.74) is 1.15. The summed E-state index contributed by atoms with van der Waals surface area (Å²) in [5.74, 6) is 0.377. The number of hydrogen-bond acceptors (Lipinski definition) is 8. The standard InChI is InChI=1S/C18H20FN5O3S/c1-9-4-13(27-12-5-14-17(20-6-12)22-11(3)26-14)7-24(9)8-15-16(19)23-18(28-15)21-10(2)25/h5-6,9,13H,4,7-8H2,1-3H3,(H,21,23,25)/t9-,13+/m0/s1. The van der Waals surface area contributed by atoms with E-state index in [9.17, 15) is 9.18 Å². The number of fused-ring (bicyclic) bond motifs is 1. The number of aromatic nitrogens is 3. The molecule has 0 radical (unpaired) electrons. The van der Waals surface area contributed by atoms with Crippen molar-refractivity contribution < 1.29 is 18.3 Å². The first-order valence-electron chi connectivity index (χ1n) is 8.94. The molecule has 1 aliphatic rings. The second-order valence-electron chi connectivity index (χ2n) is 6.89. The Morgan fingerprint density at radius 2 is 2.32 bits per heavy atom. The predicted molar refractivity (Wildman–Crippen MR) is 102 cm³/mol. The summed E-state index contributed by atoms with van der Waals surface area (Å²) in [7, 11) is 0. The van der Waals surface area contributed by atoms with Crippen LogP contribution in [0.3, 0.4) is 0 Å². The Morgan fingerprint density at radius 1 is 1.50 bits per heavy atom. The zero-order valence-electron chi connectivity index (χ0n) is 15.7. The molecule has 28 heavy (non-hydrogen) atoms. The van der Waals surface area contributed by atoms with Gasteiger partial charge in [0.25, 0.3) is 0 Å². The van der Waals surface area contributed by atoms with Gasteiger partial charge in [-0.25, -0.2) is 4.98 Å². The van der Waals surface area contributed by atoms with Crippen LogP contribution in [0, 0.1) is 12.9 Å². The lowest BCUT2D eigenvalue weighted by Crippen LogP contribution is -2.28. The van der Waals surface area contributed by atoms with Crippen LogP contribution in [0.2, 0.25) is 0 Å². The molecule has 1 N–H and O–H groups in total. The lowest BCUT2D eigenvalue weighted by molar-refractivity contribution is -0.114. The highest BCUT2D eigenvalue weighted by molar-refractivity contribution is 7.15. The van der Waals surface area contributed by atoms with Crippen LogP contribution in [0.15, 0.2) is 16.7 Å². The average Bonchev–Trinajstić information content (AvgIpc) is 3.24. The van der Waals surface area contributed by atoms with E-state index in [1.807, 2.05) is 0 Å². The number of rotatable bonds is 5. The Hall–Kier alpha value is -2.59. The van der Waals surface area contributed by atoms with Crippen molar-refractivity contribution in [3.63, 3.8) is 0 Å². The van der Waals surface area contributed by atoms with Crippen molar-refractivity contribution in [2.45, 2.75) is 45.9 Å². The van der Waals surface area contributed by atoms with Crippen molar-refractivity contribution in [3.05, 3.63) is 29.0 Å². The molecule has 3 aromatic rings. The minimum atomic E-state index is -0.541. The van der Waals surface area contributed by atoms with E-state index in [0.717, 1.165) is 17.8 Å². The molecular formula is C18H20FN5O3S. The molecule has 4 rings (SSSR count). The van der Waals surface area contributed by atoms with Crippen molar-refractivity contribution in [1.29, 1.82) is 0 Å². The van der Waals surface area contributed by atoms with Crippen LogP contribution in [-0.2, 0) is 11.3 Å². The normalized spacial score (nSPS) is 20.0. The van der Waals surface area contributed by atoms with Crippen LogP contribution in [0.5, 0.6) is 5.75 Å². The van der Waals surface area contributed by atoms with Crippen molar-refractivity contribution in [2.24, 2.45) is 0 Å². The molecule has 3 aromatic heterocycles. The van der Waals surface area contributed by atoms with Gasteiger partial charge in [0.2, 0.25) is 11.9 Å². The Kier molecular flexibility index (Phi) is 4.98. The molecule has 148 valence electrons. The SMILES string of the molecule is CC(=O)Nc1nc(F)c(CN2C[C@H](Oc3cnc4nc(C)oc4c3)C[C@@H]2C)s1. The maximum Gasteiger partial charge on any atom is 0.230 e. The number of halogens is 1. The maximum atomic E-state index is 14.1. The van der Waals surface area contributed by atoms with E-state index in [2.05, 4.69) is 32.1 Å². The van der Waals surface area contributed by atoms with Gasteiger partial charge >= 0.3 is 0 Å². The molecule has 1 amide bonds. The van der Waals surface area contributed by atoms with Gasteiger partial charge in [-0.05, 0) is 6.92 Å². The molecule has 1 fully saturated rings. The number of nitrogens with zero attached hydrogens (tertiary/aromatic N) is 4. The second kappa shape index (κ2) is 7.44. The van der Waals surface area contributed by atoms with Gasteiger partial charge in [-0.15, -0.1) is 0 Å². The van der Waals surface area contributed by atoms with Crippen molar-refractivity contribution in [1.82, 2.24) is 19.9 Å². The minimum absolute atomic E-state index is 0.0379. The number of hydrogen-bond donors (Lipinski definition) is 1. The minimum Gasteiger partial charge on any atom is -0.487 e. The Balaban J connectivity index is 1.41. The molecule has 4 heterocycles. The summed E-state index contributed by atoms with van der Waals surface area (Å²) in [6.07, 6.45) is 2.41. The largest absolute Gasteiger partial charge is 0.487 e. The molecule has 1 saturated heterocycles. The van der Waals surface area contributed by atoms with Crippen molar-refractivity contribution >= 4 is 33.6 Å². The van der Waals surface area contributed by atoms with Crippen LogP contribution < -0.4 is 10.1 Å². The highest BCUT2D eigenvalue weighted by Gasteiger charge is 2.32. The molecular weight excluding hydrogens is 385 g/mol. The van der Waals surface area contributed by atoms with Crippen LogP contribution in [0.1, 0.15) is 31.0 Å². The van der Waals surface area contributed by atoms with E-state index >= 15 is 0 Å². The zero-order valence-corrected chi connectivity index (χ0v) is 16.5. The molecule has 2 atom stereocenters. The summed E-state index contributed by atoms with van der Waals surface area (Å²) < 4.78 is 25.7.